The molecule has 0 unspecified atom stereocenters. The van der Waals surface area contributed by atoms with Crippen LogP contribution in [0.4, 0.5) is 13.2 Å². The van der Waals surface area contributed by atoms with E-state index in [2.05, 4.69) is 36.4 Å². The maximum absolute atomic E-state index is 13.8. The Morgan fingerprint density at radius 2 is 1.91 bits per heavy atom. The molecule has 7 nitrogen and oxygen atoms in total. The van der Waals surface area contributed by atoms with Crippen LogP contribution in [-0.2, 0) is 19.8 Å². The minimum absolute atomic E-state index is 0.0528. The highest BCUT2D eigenvalue weighted by atomic mass is 79.9. The van der Waals surface area contributed by atoms with E-state index in [0.29, 0.717) is 15.8 Å². The average Bonchev–Trinajstić information content (AvgIpc) is 3.23. The van der Waals surface area contributed by atoms with E-state index in [1.54, 1.807) is 49.1 Å². The van der Waals surface area contributed by atoms with Gasteiger partial charge in [0, 0.05) is 35.4 Å². The summed E-state index contributed by atoms with van der Waals surface area (Å²) in [7, 11) is 1.74. The van der Waals surface area contributed by atoms with Crippen LogP contribution in [0.3, 0.4) is 0 Å². The normalized spacial score (nSPS) is 11.8. The second kappa shape index (κ2) is 8.21. The van der Waals surface area contributed by atoms with E-state index in [0.717, 1.165) is 16.1 Å². The summed E-state index contributed by atoms with van der Waals surface area (Å²) < 4.78 is 44.3. The Morgan fingerprint density at radius 1 is 1.22 bits per heavy atom. The molecule has 1 aromatic carbocycles. The molecule has 0 spiro atoms. The van der Waals surface area contributed by atoms with Crippen LogP contribution < -0.4 is 5.32 Å². The van der Waals surface area contributed by atoms with Gasteiger partial charge in [-0.1, -0.05) is 39.7 Å². The largest absolute Gasteiger partial charge is 0.433 e. The van der Waals surface area contributed by atoms with Gasteiger partial charge in [0.25, 0.3) is 5.91 Å². The lowest BCUT2D eigenvalue weighted by molar-refractivity contribution is -0.142. The number of halogens is 5. The molecule has 166 valence electrons. The molecule has 32 heavy (non-hydrogen) atoms. The Balaban J connectivity index is 1.76. The third-order valence-corrected chi connectivity index (χ3v) is 5.61. The van der Waals surface area contributed by atoms with Gasteiger partial charge < -0.3 is 5.32 Å². The summed E-state index contributed by atoms with van der Waals surface area (Å²) in [4.78, 5) is 16.9. The Labute approximate surface area is 193 Å². The van der Waals surface area contributed by atoms with E-state index in [9.17, 15) is 18.0 Å². The lowest BCUT2D eigenvalue weighted by atomic mass is 10.1. The molecule has 0 radical (unpaired) electrons. The summed E-state index contributed by atoms with van der Waals surface area (Å²) in [5.74, 6) is -0.720. The van der Waals surface area contributed by atoms with Crippen LogP contribution in [-0.4, -0.2) is 30.3 Å². The Hall–Kier alpha value is -2.92. The van der Waals surface area contributed by atoms with Crippen LogP contribution in [0.25, 0.3) is 16.9 Å². The van der Waals surface area contributed by atoms with Crippen molar-refractivity contribution in [3.8, 4) is 11.3 Å². The molecule has 1 N–H and O–H groups in total. The van der Waals surface area contributed by atoms with E-state index < -0.39 is 17.8 Å². The highest BCUT2D eigenvalue weighted by Gasteiger charge is 2.36. The molecule has 3 aromatic heterocycles. The predicted molar refractivity (Wildman–Crippen MR) is 115 cm³/mol. The highest BCUT2D eigenvalue weighted by Crippen LogP contribution is 2.34. The van der Waals surface area contributed by atoms with Gasteiger partial charge in [0.1, 0.15) is 5.02 Å². The van der Waals surface area contributed by atoms with Crippen molar-refractivity contribution in [2.24, 2.45) is 7.05 Å². The summed E-state index contributed by atoms with van der Waals surface area (Å²) in [5, 5.41) is 10.4. The van der Waals surface area contributed by atoms with Gasteiger partial charge in [0.2, 0.25) is 0 Å². The van der Waals surface area contributed by atoms with Crippen LogP contribution >= 0.6 is 27.5 Å². The number of hydrogen-bond donors (Lipinski definition) is 1. The average molecular weight is 528 g/mol. The molecule has 0 atom stereocenters. The molecule has 4 aromatic rings. The van der Waals surface area contributed by atoms with Gasteiger partial charge in [-0.25, -0.2) is 9.50 Å². The summed E-state index contributed by atoms with van der Waals surface area (Å²) in [6.45, 7) is 1.90. The van der Waals surface area contributed by atoms with E-state index in [1.807, 2.05) is 0 Å². The minimum Gasteiger partial charge on any atom is -0.346 e. The first-order valence-electron chi connectivity index (χ1n) is 9.24. The predicted octanol–water partition coefficient (Wildman–Crippen LogP) is 4.80. The summed E-state index contributed by atoms with van der Waals surface area (Å²) >= 11 is 9.56. The van der Waals surface area contributed by atoms with Crippen molar-refractivity contribution >= 4 is 39.1 Å². The SMILES string of the molecule is Cc1nn(C)cc1CNC(=O)c1nn2c(C(F)(F)F)cc(-c3ccc(Br)cc3)nc2c1Cl. The number of carbonyl (C=O) groups is 1. The number of aromatic nitrogens is 5. The van der Waals surface area contributed by atoms with Gasteiger partial charge in [0.05, 0.1) is 11.4 Å². The topological polar surface area (TPSA) is 77.1 Å². The molecule has 0 saturated carbocycles. The Bertz CT molecular complexity index is 1330. The van der Waals surface area contributed by atoms with Crippen LogP contribution in [0.5, 0.6) is 0 Å². The molecule has 0 bridgehead atoms. The fraction of sp³-hybridized carbons (Fsp3) is 0.200. The van der Waals surface area contributed by atoms with Gasteiger partial charge >= 0.3 is 6.18 Å². The van der Waals surface area contributed by atoms with Crippen molar-refractivity contribution in [3.05, 3.63) is 68.7 Å². The van der Waals surface area contributed by atoms with Crippen molar-refractivity contribution in [2.75, 3.05) is 0 Å². The van der Waals surface area contributed by atoms with Crippen molar-refractivity contribution in [1.82, 2.24) is 29.7 Å². The van der Waals surface area contributed by atoms with Crippen LogP contribution in [0.2, 0.25) is 5.02 Å². The van der Waals surface area contributed by atoms with Crippen molar-refractivity contribution < 1.29 is 18.0 Å². The maximum atomic E-state index is 13.8. The zero-order chi connectivity index (χ0) is 23.2. The molecular weight excluding hydrogens is 513 g/mol. The van der Waals surface area contributed by atoms with E-state index >= 15 is 0 Å². The smallest absolute Gasteiger partial charge is 0.346 e. The van der Waals surface area contributed by atoms with Gasteiger partial charge in [-0.15, -0.1) is 0 Å². The van der Waals surface area contributed by atoms with Crippen LogP contribution in [0.15, 0.2) is 41.0 Å². The number of benzene rings is 1. The number of aryl methyl sites for hydroxylation is 2. The monoisotopic (exact) mass is 526 g/mol. The molecule has 0 fully saturated rings. The van der Waals surface area contributed by atoms with Crippen LogP contribution in [0.1, 0.15) is 27.4 Å². The van der Waals surface area contributed by atoms with Crippen molar-refractivity contribution in [2.45, 2.75) is 19.6 Å². The number of nitrogens with one attached hydrogen (secondary N) is 1. The second-order valence-corrected chi connectivity index (χ2v) is 8.32. The molecule has 0 saturated heterocycles. The number of hydrogen-bond acceptors (Lipinski definition) is 4. The van der Waals surface area contributed by atoms with Gasteiger partial charge in [-0.05, 0) is 25.1 Å². The van der Waals surface area contributed by atoms with Gasteiger partial charge in [-0.3, -0.25) is 9.48 Å². The Kier molecular flexibility index (Phi) is 5.72. The second-order valence-electron chi connectivity index (χ2n) is 7.03. The number of amides is 1. The van der Waals surface area contributed by atoms with E-state index in [1.165, 1.54) is 0 Å². The molecule has 0 aliphatic rings. The molecule has 1 amide bonds. The molecule has 3 heterocycles. The third-order valence-electron chi connectivity index (χ3n) is 4.73. The zero-order valence-corrected chi connectivity index (χ0v) is 19.0. The molecular formula is C20H15BrClF3N6O. The third kappa shape index (κ3) is 4.22. The van der Waals surface area contributed by atoms with Crippen molar-refractivity contribution in [3.63, 3.8) is 0 Å². The first-order valence-corrected chi connectivity index (χ1v) is 10.4. The molecule has 0 aliphatic carbocycles. The highest BCUT2D eigenvalue weighted by molar-refractivity contribution is 9.10. The molecule has 0 aliphatic heterocycles. The zero-order valence-electron chi connectivity index (χ0n) is 16.7. The standard InChI is InChI=1S/C20H15BrClF3N6O/c1-10-12(9-30(2)28-10)8-26-19(32)17-16(22)18-27-14(11-3-5-13(21)6-4-11)7-15(20(23,24)25)31(18)29-17/h3-7,9H,8H2,1-2H3,(H,26,32). The number of alkyl halides is 3. The summed E-state index contributed by atoms with van der Waals surface area (Å²) in [6.07, 6.45) is -3.02. The number of rotatable bonds is 4. The minimum atomic E-state index is -4.75. The maximum Gasteiger partial charge on any atom is 0.433 e. The first kappa shape index (κ1) is 22.3. The summed E-state index contributed by atoms with van der Waals surface area (Å²) in [5.41, 5.74) is 0.278. The lowest BCUT2D eigenvalue weighted by Gasteiger charge is -2.11. The fourth-order valence-corrected chi connectivity index (χ4v) is 3.70. The quantitative estimate of drug-likeness (QED) is 0.414. The van der Waals surface area contributed by atoms with Crippen LogP contribution in [0, 0.1) is 6.92 Å². The molecule has 12 heteroatoms. The van der Waals surface area contributed by atoms with Gasteiger partial charge in [-0.2, -0.15) is 23.4 Å². The first-order chi connectivity index (χ1) is 15.0. The molecule has 4 rings (SSSR count). The fourth-order valence-electron chi connectivity index (χ4n) is 3.19. The lowest BCUT2D eigenvalue weighted by Crippen LogP contribution is -2.24. The number of nitrogens with zero attached hydrogens (tertiary/aromatic N) is 5. The van der Waals surface area contributed by atoms with E-state index in [4.69, 9.17) is 11.6 Å². The number of carbonyl (C=O) groups excluding carboxylic acids is 1. The van der Waals surface area contributed by atoms with Crippen molar-refractivity contribution in [1.29, 1.82) is 0 Å². The van der Waals surface area contributed by atoms with Gasteiger partial charge in [0.15, 0.2) is 17.0 Å². The van der Waals surface area contributed by atoms with E-state index in [-0.39, 0.29) is 28.6 Å². The number of fused-ring (bicyclic) bond motifs is 1. The summed E-state index contributed by atoms with van der Waals surface area (Å²) in [6, 6.07) is 7.49. The Morgan fingerprint density at radius 3 is 2.50 bits per heavy atom.